The van der Waals surface area contributed by atoms with Crippen molar-refractivity contribution in [2.24, 2.45) is 0 Å². The maximum absolute atomic E-state index is 6.21. The van der Waals surface area contributed by atoms with E-state index in [0.29, 0.717) is 0 Å². The first-order valence-corrected chi connectivity index (χ1v) is 8.20. The van der Waals surface area contributed by atoms with Gasteiger partial charge in [-0.05, 0) is 64.5 Å². The lowest BCUT2D eigenvalue weighted by molar-refractivity contribution is 0.360. The minimum Gasteiger partial charge on any atom is -0.370 e. The van der Waals surface area contributed by atoms with E-state index in [1.54, 1.807) is 0 Å². The summed E-state index contributed by atoms with van der Waals surface area (Å²) in [7, 11) is 2.20. The van der Waals surface area contributed by atoms with E-state index in [9.17, 15) is 0 Å². The Balaban J connectivity index is 2.17. The number of likely N-dealkylation sites (N-methyl/N-ethyl adjacent to an activating group) is 1. The fourth-order valence-electron chi connectivity index (χ4n) is 2.65. The first-order chi connectivity index (χ1) is 9.85. The van der Waals surface area contributed by atoms with E-state index >= 15 is 0 Å². The maximum atomic E-state index is 6.21. The fraction of sp³-hybridized carbons (Fsp3) is 0.647. The second kappa shape index (κ2) is 6.99. The standard InChI is InChI=1S/C17H28ClN3/c1-17(2,3)19-13-14-12-15(18)6-7-16(14)21-9-5-8-20(4)10-11-21/h6-7,12,19H,5,8-11,13H2,1-4H3. The van der Waals surface area contributed by atoms with Crippen molar-refractivity contribution in [2.75, 3.05) is 38.1 Å². The van der Waals surface area contributed by atoms with Crippen LogP contribution in [0.25, 0.3) is 0 Å². The molecule has 1 N–H and O–H groups in total. The third-order valence-electron chi connectivity index (χ3n) is 3.91. The highest BCUT2D eigenvalue weighted by atomic mass is 35.5. The molecule has 3 nitrogen and oxygen atoms in total. The SMILES string of the molecule is CN1CCCN(c2ccc(Cl)cc2CNC(C)(C)C)CC1. The van der Waals surface area contributed by atoms with Gasteiger partial charge in [-0.15, -0.1) is 0 Å². The number of hydrogen-bond acceptors (Lipinski definition) is 3. The molecule has 1 aliphatic rings. The number of anilines is 1. The largest absolute Gasteiger partial charge is 0.370 e. The molecule has 1 fully saturated rings. The van der Waals surface area contributed by atoms with Gasteiger partial charge in [0.15, 0.2) is 0 Å². The minimum atomic E-state index is 0.110. The van der Waals surface area contributed by atoms with E-state index in [0.717, 1.165) is 31.2 Å². The Morgan fingerprint density at radius 2 is 1.90 bits per heavy atom. The van der Waals surface area contributed by atoms with Crippen LogP contribution in [-0.4, -0.2) is 43.7 Å². The Bertz CT molecular complexity index is 468. The Morgan fingerprint density at radius 1 is 1.14 bits per heavy atom. The van der Waals surface area contributed by atoms with Gasteiger partial charge in [0, 0.05) is 42.4 Å². The van der Waals surface area contributed by atoms with Crippen LogP contribution in [0.1, 0.15) is 32.8 Å². The monoisotopic (exact) mass is 309 g/mol. The van der Waals surface area contributed by atoms with Crippen LogP contribution in [0, 0.1) is 0 Å². The van der Waals surface area contributed by atoms with Crippen LogP contribution in [0.4, 0.5) is 5.69 Å². The van der Waals surface area contributed by atoms with Gasteiger partial charge in [-0.3, -0.25) is 0 Å². The zero-order valence-corrected chi connectivity index (χ0v) is 14.5. The molecule has 1 aliphatic heterocycles. The van der Waals surface area contributed by atoms with Crippen molar-refractivity contribution in [1.82, 2.24) is 10.2 Å². The highest BCUT2D eigenvalue weighted by Gasteiger charge is 2.17. The number of benzene rings is 1. The highest BCUT2D eigenvalue weighted by molar-refractivity contribution is 6.30. The molecular weight excluding hydrogens is 282 g/mol. The zero-order chi connectivity index (χ0) is 15.5. The lowest BCUT2D eigenvalue weighted by Crippen LogP contribution is -2.36. The Kier molecular flexibility index (Phi) is 5.53. The Labute approximate surface area is 134 Å². The van der Waals surface area contributed by atoms with Crippen LogP contribution in [0.2, 0.25) is 5.02 Å². The number of rotatable bonds is 3. The lowest BCUT2D eigenvalue weighted by Gasteiger charge is -2.28. The highest BCUT2D eigenvalue weighted by Crippen LogP contribution is 2.26. The van der Waals surface area contributed by atoms with Crippen LogP contribution < -0.4 is 10.2 Å². The molecule has 1 aromatic rings. The molecule has 2 rings (SSSR count). The molecule has 21 heavy (non-hydrogen) atoms. The van der Waals surface area contributed by atoms with Crippen molar-refractivity contribution >= 4 is 17.3 Å². The Morgan fingerprint density at radius 3 is 2.62 bits per heavy atom. The molecule has 1 aromatic carbocycles. The number of hydrogen-bond donors (Lipinski definition) is 1. The summed E-state index contributed by atoms with van der Waals surface area (Å²) >= 11 is 6.21. The third kappa shape index (κ3) is 5.17. The first-order valence-electron chi connectivity index (χ1n) is 7.82. The molecule has 1 heterocycles. The summed E-state index contributed by atoms with van der Waals surface area (Å²) in [5, 5.41) is 4.39. The normalized spacial score (nSPS) is 17.9. The quantitative estimate of drug-likeness (QED) is 0.923. The van der Waals surface area contributed by atoms with E-state index in [-0.39, 0.29) is 5.54 Å². The number of nitrogens with one attached hydrogen (secondary N) is 1. The predicted octanol–water partition coefficient (Wildman–Crippen LogP) is 3.37. The number of nitrogens with zero attached hydrogens (tertiary/aromatic N) is 2. The molecule has 1 saturated heterocycles. The smallest absolute Gasteiger partial charge is 0.0413 e. The lowest BCUT2D eigenvalue weighted by atomic mass is 10.1. The molecule has 0 amide bonds. The van der Waals surface area contributed by atoms with Crippen LogP contribution in [0.5, 0.6) is 0 Å². The van der Waals surface area contributed by atoms with E-state index in [2.05, 4.69) is 55.1 Å². The van der Waals surface area contributed by atoms with Crippen molar-refractivity contribution < 1.29 is 0 Å². The summed E-state index contributed by atoms with van der Waals surface area (Å²) in [6.45, 7) is 11.9. The second-order valence-electron chi connectivity index (χ2n) is 7.02. The molecule has 0 unspecified atom stereocenters. The third-order valence-corrected chi connectivity index (χ3v) is 4.15. The maximum Gasteiger partial charge on any atom is 0.0413 e. The topological polar surface area (TPSA) is 18.5 Å². The second-order valence-corrected chi connectivity index (χ2v) is 7.46. The van der Waals surface area contributed by atoms with Gasteiger partial charge < -0.3 is 15.1 Å². The van der Waals surface area contributed by atoms with E-state index in [1.807, 2.05) is 6.07 Å². The van der Waals surface area contributed by atoms with Gasteiger partial charge in [-0.25, -0.2) is 0 Å². The molecule has 0 aliphatic carbocycles. The molecule has 0 aromatic heterocycles. The summed E-state index contributed by atoms with van der Waals surface area (Å²) in [4.78, 5) is 4.91. The van der Waals surface area contributed by atoms with Crippen LogP contribution in [0.3, 0.4) is 0 Å². The molecule has 0 atom stereocenters. The van der Waals surface area contributed by atoms with Crippen molar-refractivity contribution in [3.8, 4) is 0 Å². The van der Waals surface area contributed by atoms with Gasteiger partial charge >= 0.3 is 0 Å². The van der Waals surface area contributed by atoms with E-state index in [1.165, 1.54) is 24.2 Å². The molecule has 118 valence electrons. The molecule has 0 saturated carbocycles. The van der Waals surface area contributed by atoms with E-state index in [4.69, 9.17) is 11.6 Å². The molecule has 4 heteroatoms. The fourth-order valence-corrected chi connectivity index (χ4v) is 2.85. The van der Waals surface area contributed by atoms with Gasteiger partial charge in [0.05, 0.1) is 0 Å². The van der Waals surface area contributed by atoms with Gasteiger partial charge in [0.2, 0.25) is 0 Å². The summed E-state index contributed by atoms with van der Waals surface area (Å²) in [5.74, 6) is 0. The molecule has 0 spiro atoms. The summed E-state index contributed by atoms with van der Waals surface area (Å²) < 4.78 is 0. The van der Waals surface area contributed by atoms with Crippen molar-refractivity contribution in [2.45, 2.75) is 39.3 Å². The van der Waals surface area contributed by atoms with Crippen LogP contribution in [-0.2, 0) is 6.54 Å². The molecule has 0 bridgehead atoms. The average molecular weight is 310 g/mol. The zero-order valence-electron chi connectivity index (χ0n) is 13.7. The predicted molar refractivity (Wildman–Crippen MR) is 92.4 cm³/mol. The summed E-state index contributed by atoms with van der Waals surface area (Å²) in [6, 6.07) is 6.28. The summed E-state index contributed by atoms with van der Waals surface area (Å²) in [5.41, 5.74) is 2.73. The molecule has 0 radical (unpaired) electrons. The number of halogens is 1. The van der Waals surface area contributed by atoms with Gasteiger partial charge in [0.1, 0.15) is 0 Å². The minimum absolute atomic E-state index is 0.110. The van der Waals surface area contributed by atoms with E-state index < -0.39 is 0 Å². The Hall–Kier alpha value is -0.770. The van der Waals surface area contributed by atoms with Gasteiger partial charge in [0.25, 0.3) is 0 Å². The van der Waals surface area contributed by atoms with Gasteiger partial charge in [-0.2, -0.15) is 0 Å². The van der Waals surface area contributed by atoms with Crippen molar-refractivity contribution in [3.05, 3.63) is 28.8 Å². The first kappa shape index (κ1) is 16.6. The van der Waals surface area contributed by atoms with Crippen LogP contribution >= 0.6 is 11.6 Å². The average Bonchev–Trinajstić information content (AvgIpc) is 2.61. The van der Waals surface area contributed by atoms with Crippen molar-refractivity contribution in [3.63, 3.8) is 0 Å². The summed E-state index contributed by atoms with van der Waals surface area (Å²) in [6.07, 6.45) is 1.21. The molecular formula is C17H28ClN3. The van der Waals surface area contributed by atoms with Crippen LogP contribution in [0.15, 0.2) is 18.2 Å². The van der Waals surface area contributed by atoms with Gasteiger partial charge in [-0.1, -0.05) is 11.6 Å². The van der Waals surface area contributed by atoms with Crippen molar-refractivity contribution in [1.29, 1.82) is 0 Å².